The Morgan fingerprint density at radius 3 is 2.38 bits per heavy atom. The van der Waals surface area contributed by atoms with Crippen molar-refractivity contribution < 1.29 is 19.5 Å². The van der Waals surface area contributed by atoms with E-state index in [0.717, 1.165) is 0 Å². The van der Waals surface area contributed by atoms with Crippen molar-refractivity contribution in [2.75, 3.05) is 0 Å². The minimum absolute atomic E-state index is 0.0249. The molecule has 0 spiro atoms. The molecule has 1 heterocycles. The molecule has 1 aromatic heterocycles. The van der Waals surface area contributed by atoms with Gasteiger partial charge in [0.15, 0.2) is 0 Å². The lowest BCUT2D eigenvalue weighted by molar-refractivity contribution is -0.133. The van der Waals surface area contributed by atoms with Gasteiger partial charge in [0.1, 0.15) is 0 Å². The van der Waals surface area contributed by atoms with Crippen LogP contribution >= 0.6 is 0 Å². The number of nitrogens with zero attached hydrogens (tertiary/aromatic N) is 1. The van der Waals surface area contributed by atoms with Crippen molar-refractivity contribution in [3.63, 3.8) is 0 Å². The van der Waals surface area contributed by atoms with E-state index in [4.69, 9.17) is 5.11 Å². The van der Waals surface area contributed by atoms with E-state index in [9.17, 15) is 14.4 Å². The molecular weight excluding hydrogens is 274 g/mol. The molecule has 0 aliphatic carbocycles. The van der Waals surface area contributed by atoms with Crippen LogP contribution in [0.3, 0.4) is 0 Å². The highest BCUT2D eigenvalue weighted by Crippen LogP contribution is 2.07. The molecule has 21 heavy (non-hydrogen) atoms. The number of imide groups is 1. The quantitative estimate of drug-likeness (QED) is 0.726. The van der Waals surface area contributed by atoms with E-state index in [1.807, 2.05) is 0 Å². The Labute approximate surface area is 122 Å². The van der Waals surface area contributed by atoms with E-state index in [0.29, 0.717) is 5.69 Å². The molecule has 0 saturated heterocycles. The van der Waals surface area contributed by atoms with Gasteiger partial charge in [-0.2, -0.15) is 0 Å². The summed E-state index contributed by atoms with van der Waals surface area (Å²) in [5, 5.41) is 13.4. The third-order valence-corrected chi connectivity index (χ3v) is 2.93. The van der Waals surface area contributed by atoms with Crippen LogP contribution in [0.1, 0.15) is 32.5 Å². The Morgan fingerprint density at radius 1 is 1.19 bits per heavy atom. The van der Waals surface area contributed by atoms with E-state index in [1.54, 1.807) is 31.3 Å². The number of carbonyl (C=O) groups is 3. The molecule has 1 rings (SSSR count). The molecule has 1 aromatic rings. The first-order valence-electron chi connectivity index (χ1n) is 6.26. The molecule has 0 aromatic carbocycles. The van der Waals surface area contributed by atoms with Crippen molar-refractivity contribution in [3.05, 3.63) is 41.2 Å². The molecular formula is C14H17N3O4. The van der Waals surface area contributed by atoms with Crippen LogP contribution in [0.25, 0.3) is 0 Å². The Morgan fingerprint density at radius 2 is 1.86 bits per heavy atom. The first-order valence-corrected chi connectivity index (χ1v) is 6.26. The van der Waals surface area contributed by atoms with Gasteiger partial charge in [-0.15, -0.1) is 0 Å². The summed E-state index contributed by atoms with van der Waals surface area (Å²) >= 11 is 0. The van der Waals surface area contributed by atoms with Crippen LogP contribution in [0.4, 0.5) is 4.79 Å². The van der Waals surface area contributed by atoms with Crippen LogP contribution in [0.5, 0.6) is 0 Å². The summed E-state index contributed by atoms with van der Waals surface area (Å²) in [6, 6.07) is 4.18. The zero-order valence-corrected chi connectivity index (χ0v) is 12.0. The van der Waals surface area contributed by atoms with E-state index in [2.05, 4.69) is 15.6 Å². The van der Waals surface area contributed by atoms with Gasteiger partial charge < -0.3 is 10.4 Å². The van der Waals surface area contributed by atoms with E-state index >= 15 is 0 Å². The predicted molar refractivity (Wildman–Crippen MR) is 75.3 cm³/mol. The predicted octanol–water partition coefficient (Wildman–Crippen LogP) is 1.39. The molecule has 1 unspecified atom stereocenters. The maximum Gasteiger partial charge on any atom is 0.331 e. The van der Waals surface area contributed by atoms with E-state index < -0.39 is 17.9 Å². The standard InChI is InChI=1S/C14H17N3O4/c1-8(9(2)13(19)20)12(18)17-14(21)16-10(3)11-6-4-5-7-15-11/h4-7,10H,1-3H3,(H,19,20)(H2,16,17,18,21). The van der Waals surface area contributed by atoms with E-state index in [-0.39, 0.29) is 17.2 Å². The van der Waals surface area contributed by atoms with Gasteiger partial charge in [0.2, 0.25) is 0 Å². The normalized spacial score (nSPS) is 12.9. The van der Waals surface area contributed by atoms with Crippen molar-refractivity contribution in [2.45, 2.75) is 26.8 Å². The Balaban J connectivity index is 2.64. The van der Waals surface area contributed by atoms with Crippen molar-refractivity contribution in [2.24, 2.45) is 0 Å². The number of urea groups is 1. The zero-order chi connectivity index (χ0) is 16.0. The van der Waals surface area contributed by atoms with Gasteiger partial charge in [-0.1, -0.05) is 6.07 Å². The zero-order valence-electron chi connectivity index (χ0n) is 12.0. The van der Waals surface area contributed by atoms with Gasteiger partial charge in [0.05, 0.1) is 11.7 Å². The van der Waals surface area contributed by atoms with Crippen molar-refractivity contribution >= 4 is 17.9 Å². The molecule has 3 amide bonds. The lowest BCUT2D eigenvalue weighted by atomic mass is 10.1. The summed E-state index contributed by atoms with van der Waals surface area (Å²) in [5.41, 5.74) is 0.510. The van der Waals surface area contributed by atoms with Gasteiger partial charge in [0.25, 0.3) is 5.91 Å². The highest BCUT2D eigenvalue weighted by atomic mass is 16.4. The number of carboxylic acids is 1. The fourth-order valence-electron chi connectivity index (χ4n) is 1.47. The largest absolute Gasteiger partial charge is 0.478 e. The number of carbonyl (C=O) groups excluding carboxylic acids is 2. The summed E-state index contributed by atoms with van der Waals surface area (Å²) in [6.07, 6.45) is 1.60. The minimum atomic E-state index is -1.20. The van der Waals surface area contributed by atoms with Crippen LogP contribution in [0.15, 0.2) is 35.5 Å². The van der Waals surface area contributed by atoms with Gasteiger partial charge in [-0.25, -0.2) is 9.59 Å². The number of hydrogen-bond donors (Lipinski definition) is 3. The molecule has 0 fully saturated rings. The molecule has 3 N–H and O–H groups in total. The average Bonchev–Trinajstić information content (AvgIpc) is 2.46. The summed E-state index contributed by atoms with van der Waals surface area (Å²) in [5.74, 6) is -1.95. The molecule has 1 atom stereocenters. The molecule has 112 valence electrons. The summed E-state index contributed by atoms with van der Waals surface area (Å²) < 4.78 is 0. The number of carboxylic acid groups (broad SMARTS) is 1. The molecule has 0 saturated carbocycles. The van der Waals surface area contributed by atoms with Crippen LogP contribution < -0.4 is 10.6 Å². The number of rotatable bonds is 4. The first kappa shape index (κ1) is 16.4. The first-order chi connectivity index (χ1) is 9.82. The Hall–Kier alpha value is -2.70. The number of amides is 3. The SMILES string of the molecule is CC(C(=O)O)=C(C)C(=O)NC(=O)NC(C)c1ccccn1. The maximum absolute atomic E-state index is 11.7. The molecule has 0 aliphatic heterocycles. The fraction of sp³-hybridized carbons (Fsp3) is 0.286. The highest BCUT2D eigenvalue weighted by molar-refractivity contribution is 6.07. The topological polar surface area (TPSA) is 108 Å². The maximum atomic E-state index is 11.7. The molecule has 7 nitrogen and oxygen atoms in total. The second kappa shape index (κ2) is 7.18. The second-order valence-corrected chi connectivity index (χ2v) is 4.46. The van der Waals surface area contributed by atoms with Gasteiger partial charge in [-0.05, 0) is 32.9 Å². The molecule has 0 aliphatic rings. The summed E-state index contributed by atoms with van der Waals surface area (Å²) in [7, 11) is 0. The van der Waals surface area contributed by atoms with Crippen LogP contribution in [0.2, 0.25) is 0 Å². The molecule has 0 bridgehead atoms. The van der Waals surface area contributed by atoms with Crippen LogP contribution in [-0.2, 0) is 9.59 Å². The fourth-order valence-corrected chi connectivity index (χ4v) is 1.47. The van der Waals surface area contributed by atoms with Crippen LogP contribution in [-0.4, -0.2) is 28.0 Å². The Kier molecular flexibility index (Phi) is 5.59. The highest BCUT2D eigenvalue weighted by Gasteiger charge is 2.17. The van der Waals surface area contributed by atoms with Crippen molar-refractivity contribution in [1.82, 2.24) is 15.6 Å². The average molecular weight is 291 g/mol. The summed E-state index contributed by atoms with van der Waals surface area (Å²) in [6.45, 7) is 4.36. The van der Waals surface area contributed by atoms with Gasteiger partial charge >= 0.3 is 12.0 Å². The lowest BCUT2D eigenvalue weighted by Crippen LogP contribution is -2.41. The van der Waals surface area contributed by atoms with Crippen LogP contribution in [0, 0.1) is 0 Å². The van der Waals surface area contributed by atoms with Gasteiger partial charge in [-0.3, -0.25) is 15.1 Å². The van der Waals surface area contributed by atoms with Gasteiger partial charge in [0, 0.05) is 17.3 Å². The molecule has 0 radical (unpaired) electrons. The number of nitrogens with one attached hydrogen (secondary N) is 2. The van der Waals surface area contributed by atoms with Crippen molar-refractivity contribution in [1.29, 1.82) is 0 Å². The second-order valence-electron chi connectivity index (χ2n) is 4.46. The Bertz CT molecular complexity index is 581. The number of pyridine rings is 1. The number of hydrogen-bond acceptors (Lipinski definition) is 4. The third-order valence-electron chi connectivity index (χ3n) is 2.93. The van der Waals surface area contributed by atoms with E-state index in [1.165, 1.54) is 13.8 Å². The lowest BCUT2D eigenvalue weighted by Gasteiger charge is -2.13. The number of aliphatic carboxylic acids is 1. The number of aromatic nitrogens is 1. The third kappa shape index (κ3) is 4.72. The summed E-state index contributed by atoms with van der Waals surface area (Å²) in [4.78, 5) is 38.2. The monoisotopic (exact) mass is 291 g/mol. The molecule has 7 heteroatoms. The van der Waals surface area contributed by atoms with Crippen molar-refractivity contribution in [3.8, 4) is 0 Å². The minimum Gasteiger partial charge on any atom is -0.478 e. The smallest absolute Gasteiger partial charge is 0.331 e.